The lowest BCUT2D eigenvalue weighted by atomic mass is 10.3. The zero-order chi connectivity index (χ0) is 9.14. The van der Waals surface area contributed by atoms with E-state index in [-0.39, 0.29) is 4.90 Å². The molecule has 0 radical (unpaired) electrons. The largest absolute Gasteiger partial charge is 0.495 e. The zero-order valence-corrected chi connectivity index (χ0v) is 8.76. The summed E-state index contributed by atoms with van der Waals surface area (Å²) in [5.41, 5.74) is 0. The summed E-state index contributed by atoms with van der Waals surface area (Å²) in [5.74, 6) is 0.370. The molecule has 0 unspecified atom stereocenters. The van der Waals surface area contributed by atoms with Crippen LogP contribution in [0, 0.1) is 0 Å². The Morgan fingerprint density at radius 3 is 2.58 bits per heavy atom. The van der Waals surface area contributed by atoms with Gasteiger partial charge >= 0.3 is 0 Å². The lowest BCUT2D eigenvalue weighted by Gasteiger charge is -2.02. The molecule has 0 aliphatic heterocycles. The fourth-order valence-corrected chi connectivity index (χ4v) is 1.93. The van der Waals surface area contributed by atoms with Crippen molar-refractivity contribution in [3.05, 3.63) is 22.7 Å². The maximum Gasteiger partial charge on any atom is 0.171 e. The van der Waals surface area contributed by atoms with Crippen LogP contribution in [0.3, 0.4) is 0 Å². The number of hydrogen-bond donors (Lipinski definition) is 1. The van der Waals surface area contributed by atoms with Crippen molar-refractivity contribution in [2.75, 3.05) is 7.11 Å². The highest BCUT2D eigenvalue weighted by Gasteiger charge is 2.04. The Labute approximate surface area is 80.4 Å². The number of thiol groups is 1. The number of rotatable bonds is 2. The molecule has 1 aromatic rings. The molecule has 0 amide bonds. The smallest absolute Gasteiger partial charge is 0.171 e. The van der Waals surface area contributed by atoms with Crippen molar-refractivity contribution in [2.45, 2.75) is 4.90 Å². The lowest BCUT2D eigenvalue weighted by Crippen LogP contribution is -1.89. The maximum absolute atomic E-state index is 10.7. The van der Waals surface area contributed by atoms with E-state index in [0.29, 0.717) is 5.75 Å². The van der Waals surface area contributed by atoms with Crippen molar-refractivity contribution in [1.82, 2.24) is 0 Å². The van der Waals surface area contributed by atoms with Gasteiger partial charge < -0.3 is 4.74 Å². The summed E-state index contributed by atoms with van der Waals surface area (Å²) >= 11 is 3.17. The molecule has 1 rings (SSSR count). The van der Waals surface area contributed by atoms with Gasteiger partial charge in [0.25, 0.3) is 0 Å². The molecule has 0 bridgehead atoms. The summed E-state index contributed by atoms with van der Waals surface area (Å²) in [5, 5.41) is 0. The van der Waals surface area contributed by atoms with Crippen molar-refractivity contribution in [2.24, 2.45) is 0 Å². The monoisotopic (exact) mass is 250 g/mol. The standard InChI is InChI=1S/C7H7BrO3S/c1-11-6-3-2-5(8)4-7(6)12(9)10/h2-4,12H,1H3. The molecule has 0 heterocycles. The second-order valence-corrected chi connectivity index (χ2v) is 3.98. The molecule has 3 nitrogen and oxygen atoms in total. The van der Waals surface area contributed by atoms with Crippen LogP contribution < -0.4 is 4.74 Å². The van der Waals surface area contributed by atoms with E-state index in [1.54, 1.807) is 12.1 Å². The Morgan fingerprint density at radius 2 is 2.08 bits per heavy atom. The minimum atomic E-state index is -2.59. The number of ether oxygens (including phenoxy) is 1. The quantitative estimate of drug-likeness (QED) is 0.808. The van der Waals surface area contributed by atoms with E-state index in [1.165, 1.54) is 13.2 Å². The Hall–Kier alpha value is -0.550. The van der Waals surface area contributed by atoms with Gasteiger partial charge in [-0.15, -0.1) is 0 Å². The van der Waals surface area contributed by atoms with E-state index in [0.717, 1.165) is 4.47 Å². The van der Waals surface area contributed by atoms with Crippen LogP contribution in [0.4, 0.5) is 0 Å². The lowest BCUT2D eigenvalue weighted by molar-refractivity contribution is 0.403. The predicted octanol–water partition coefficient (Wildman–Crippen LogP) is 1.43. The molecule has 0 saturated carbocycles. The second kappa shape index (κ2) is 3.91. The molecule has 0 atom stereocenters. The van der Waals surface area contributed by atoms with Gasteiger partial charge in [-0.25, -0.2) is 8.42 Å². The minimum Gasteiger partial charge on any atom is -0.495 e. The Kier molecular flexibility index (Phi) is 3.11. The third kappa shape index (κ3) is 1.98. The van der Waals surface area contributed by atoms with Gasteiger partial charge in [-0.1, -0.05) is 15.9 Å². The molecule has 0 aromatic heterocycles. The summed E-state index contributed by atoms with van der Waals surface area (Å²) in [6.07, 6.45) is 0. The summed E-state index contributed by atoms with van der Waals surface area (Å²) < 4.78 is 26.9. The first kappa shape index (κ1) is 9.54. The number of benzene rings is 1. The van der Waals surface area contributed by atoms with E-state index in [4.69, 9.17) is 4.74 Å². The van der Waals surface area contributed by atoms with Gasteiger partial charge in [0.05, 0.1) is 7.11 Å². The van der Waals surface area contributed by atoms with Gasteiger partial charge in [0.1, 0.15) is 10.6 Å². The fourth-order valence-electron chi connectivity index (χ4n) is 0.806. The summed E-state index contributed by atoms with van der Waals surface area (Å²) in [4.78, 5) is 0.196. The minimum absolute atomic E-state index is 0.196. The average Bonchev–Trinajstić information content (AvgIpc) is 2.04. The van der Waals surface area contributed by atoms with Crippen LogP contribution >= 0.6 is 15.9 Å². The van der Waals surface area contributed by atoms with E-state index in [2.05, 4.69) is 15.9 Å². The van der Waals surface area contributed by atoms with Crippen molar-refractivity contribution in [1.29, 1.82) is 0 Å². The third-order valence-corrected chi connectivity index (χ3v) is 2.57. The highest BCUT2D eigenvalue weighted by atomic mass is 79.9. The van der Waals surface area contributed by atoms with Crippen molar-refractivity contribution in [3.63, 3.8) is 0 Å². The van der Waals surface area contributed by atoms with Gasteiger partial charge in [-0.05, 0) is 18.2 Å². The van der Waals surface area contributed by atoms with Crippen molar-refractivity contribution in [3.8, 4) is 5.75 Å². The molecule has 5 heteroatoms. The molecule has 0 fully saturated rings. The Morgan fingerprint density at radius 1 is 1.42 bits per heavy atom. The molecule has 0 spiro atoms. The van der Waals surface area contributed by atoms with Gasteiger partial charge in [-0.3, -0.25) is 0 Å². The van der Waals surface area contributed by atoms with Crippen LogP contribution in [-0.4, -0.2) is 15.5 Å². The molecule has 0 aliphatic carbocycles. The highest BCUT2D eigenvalue weighted by Crippen LogP contribution is 2.23. The molecule has 1 aromatic carbocycles. The summed E-state index contributed by atoms with van der Waals surface area (Å²) in [6, 6.07) is 4.83. The SMILES string of the molecule is COc1ccc(Br)cc1[SH](=O)=O. The topological polar surface area (TPSA) is 43.4 Å². The van der Waals surface area contributed by atoms with Crippen molar-refractivity contribution < 1.29 is 13.2 Å². The number of halogens is 1. The first-order valence-corrected chi connectivity index (χ1v) is 5.10. The van der Waals surface area contributed by atoms with E-state index in [9.17, 15) is 8.42 Å². The van der Waals surface area contributed by atoms with Gasteiger partial charge in [0, 0.05) is 4.47 Å². The molecule has 0 saturated heterocycles. The molecule has 0 aliphatic rings. The fraction of sp³-hybridized carbons (Fsp3) is 0.143. The first-order valence-electron chi connectivity index (χ1n) is 3.13. The van der Waals surface area contributed by atoms with Crippen LogP contribution in [0.15, 0.2) is 27.6 Å². The van der Waals surface area contributed by atoms with Gasteiger partial charge in [0.2, 0.25) is 0 Å². The third-order valence-electron chi connectivity index (χ3n) is 1.34. The average molecular weight is 251 g/mol. The molecule has 12 heavy (non-hydrogen) atoms. The Bertz CT molecular complexity index is 352. The number of methoxy groups -OCH3 is 1. The second-order valence-electron chi connectivity index (χ2n) is 2.07. The summed E-state index contributed by atoms with van der Waals surface area (Å²) in [6.45, 7) is 0. The van der Waals surface area contributed by atoms with Crippen LogP contribution in [0.1, 0.15) is 0 Å². The molecular weight excluding hydrogens is 244 g/mol. The maximum atomic E-state index is 10.7. The normalized spacial score (nSPS) is 10.2. The zero-order valence-electron chi connectivity index (χ0n) is 6.28. The van der Waals surface area contributed by atoms with E-state index in [1.807, 2.05) is 0 Å². The van der Waals surface area contributed by atoms with Gasteiger partial charge in [-0.2, -0.15) is 0 Å². The van der Waals surface area contributed by atoms with Crippen LogP contribution in [0.25, 0.3) is 0 Å². The van der Waals surface area contributed by atoms with Crippen molar-refractivity contribution >= 4 is 26.6 Å². The molecule has 0 N–H and O–H groups in total. The number of hydrogen-bond acceptors (Lipinski definition) is 3. The first-order chi connectivity index (χ1) is 5.65. The van der Waals surface area contributed by atoms with E-state index >= 15 is 0 Å². The van der Waals surface area contributed by atoms with Crippen LogP contribution in [-0.2, 0) is 10.7 Å². The molecule has 66 valence electrons. The highest BCUT2D eigenvalue weighted by molar-refractivity contribution is 9.10. The van der Waals surface area contributed by atoms with E-state index < -0.39 is 10.7 Å². The van der Waals surface area contributed by atoms with Crippen LogP contribution in [0.2, 0.25) is 0 Å². The summed E-state index contributed by atoms with van der Waals surface area (Å²) in [7, 11) is -1.16. The Balaban J connectivity index is 3.31. The van der Waals surface area contributed by atoms with Crippen LogP contribution in [0.5, 0.6) is 5.75 Å². The predicted molar refractivity (Wildman–Crippen MR) is 49.3 cm³/mol. The van der Waals surface area contributed by atoms with Gasteiger partial charge in [0.15, 0.2) is 10.7 Å². The molecular formula is C7H7BrO3S.